The number of hydrogen-bond donors (Lipinski definition) is 1. The van der Waals surface area contributed by atoms with E-state index in [0.717, 1.165) is 0 Å². The van der Waals surface area contributed by atoms with Crippen molar-refractivity contribution in [3.63, 3.8) is 0 Å². The maximum absolute atomic E-state index is 10.4. The van der Waals surface area contributed by atoms with E-state index in [4.69, 9.17) is 4.55 Å². The van der Waals surface area contributed by atoms with Crippen LogP contribution in [0.2, 0.25) is 0 Å². The molecule has 5 heteroatoms. The Labute approximate surface area is 77.9 Å². The first-order valence-corrected chi connectivity index (χ1v) is 4.07. The normalized spacial score (nSPS) is 10.3. The molecular formula is C6H6O3SZn. The van der Waals surface area contributed by atoms with Gasteiger partial charge < -0.3 is 0 Å². The summed E-state index contributed by atoms with van der Waals surface area (Å²) in [5.74, 6) is 0. The van der Waals surface area contributed by atoms with Gasteiger partial charge in [0.25, 0.3) is 10.1 Å². The van der Waals surface area contributed by atoms with Crippen LogP contribution in [-0.4, -0.2) is 13.0 Å². The second kappa shape index (κ2) is 3.95. The van der Waals surface area contributed by atoms with Gasteiger partial charge in [0.15, 0.2) is 0 Å². The minimum absolute atomic E-state index is 0. The first-order valence-electron chi connectivity index (χ1n) is 2.63. The molecule has 1 aromatic carbocycles. The summed E-state index contributed by atoms with van der Waals surface area (Å²) in [7, 11) is -4.00. The summed E-state index contributed by atoms with van der Waals surface area (Å²) in [4.78, 5) is -0.0741. The molecule has 0 aliphatic rings. The zero-order valence-corrected chi connectivity index (χ0v) is 9.55. The Morgan fingerprint density at radius 3 is 1.82 bits per heavy atom. The average Bonchev–Trinajstić information content (AvgIpc) is 1.88. The summed E-state index contributed by atoms with van der Waals surface area (Å²) < 4.78 is 29.2. The molecule has 0 aliphatic heterocycles. The van der Waals surface area contributed by atoms with E-state index in [9.17, 15) is 8.42 Å². The van der Waals surface area contributed by atoms with Gasteiger partial charge in [-0.3, -0.25) is 4.55 Å². The topological polar surface area (TPSA) is 54.4 Å². The molecule has 1 aromatic rings. The molecule has 11 heavy (non-hydrogen) atoms. The first kappa shape index (κ1) is 10.8. The third-order valence-corrected chi connectivity index (χ3v) is 1.91. The molecule has 0 atom stereocenters. The van der Waals surface area contributed by atoms with E-state index in [1.807, 2.05) is 0 Å². The standard InChI is InChI=1S/C6H6O3S.Zn/c7-10(8,9)6-4-2-1-3-5-6;/h1-5H,(H,7,8,9);. The van der Waals surface area contributed by atoms with Crippen molar-refractivity contribution in [2.45, 2.75) is 4.90 Å². The van der Waals surface area contributed by atoms with Crippen LogP contribution >= 0.6 is 0 Å². The molecule has 0 spiro atoms. The van der Waals surface area contributed by atoms with Gasteiger partial charge in [0.2, 0.25) is 0 Å². The second-order valence-corrected chi connectivity index (χ2v) is 3.21. The van der Waals surface area contributed by atoms with E-state index in [1.165, 1.54) is 12.1 Å². The summed E-state index contributed by atoms with van der Waals surface area (Å²) in [5.41, 5.74) is 0. The molecular weight excluding hydrogens is 218 g/mol. The van der Waals surface area contributed by atoms with Crippen LogP contribution in [0.15, 0.2) is 35.2 Å². The van der Waals surface area contributed by atoms with Gasteiger partial charge in [-0.2, -0.15) is 8.42 Å². The summed E-state index contributed by atoms with van der Waals surface area (Å²) in [6.45, 7) is 0. The Kier molecular flexibility index (Phi) is 3.86. The van der Waals surface area contributed by atoms with Crippen molar-refractivity contribution in [3.05, 3.63) is 30.3 Å². The predicted molar refractivity (Wildman–Crippen MR) is 36.3 cm³/mol. The molecule has 0 saturated heterocycles. The van der Waals surface area contributed by atoms with Gasteiger partial charge in [-0.15, -0.1) is 0 Å². The number of hydrogen-bond acceptors (Lipinski definition) is 2. The first-order chi connectivity index (χ1) is 4.61. The third-order valence-electron chi connectivity index (χ3n) is 1.04. The minimum Gasteiger partial charge on any atom is -0.282 e. The predicted octanol–water partition coefficient (Wildman–Crippen LogP) is 0.931. The van der Waals surface area contributed by atoms with Crippen LogP contribution in [0.4, 0.5) is 0 Å². The number of rotatable bonds is 1. The Bertz CT molecular complexity index is 306. The molecule has 0 heterocycles. The summed E-state index contributed by atoms with van der Waals surface area (Å²) in [6.07, 6.45) is 0. The Balaban J connectivity index is 0.000001000. The van der Waals surface area contributed by atoms with Crippen LogP contribution in [0, 0.1) is 0 Å². The monoisotopic (exact) mass is 222 g/mol. The Morgan fingerprint density at radius 2 is 1.55 bits per heavy atom. The van der Waals surface area contributed by atoms with Crippen LogP contribution in [-0.2, 0) is 29.6 Å². The fourth-order valence-electron chi connectivity index (χ4n) is 0.592. The molecule has 0 radical (unpaired) electrons. The molecule has 0 aliphatic carbocycles. The van der Waals surface area contributed by atoms with Crippen molar-refractivity contribution < 1.29 is 32.4 Å². The van der Waals surface area contributed by atoms with E-state index >= 15 is 0 Å². The summed E-state index contributed by atoms with van der Waals surface area (Å²) in [5, 5.41) is 0. The van der Waals surface area contributed by atoms with E-state index in [0.29, 0.717) is 0 Å². The SMILES string of the molecule is O=S(=O)(O)c1ccccc1.[Zn]. The smallest absolute Gasteiger partial charge is 0.282 e. The van der Waals surface area contributed by atoms with E-state index in [1.54, 1.807) is 18.2 Å². The molecule has 1 N–H and O–H groups in total. The van der Waals surface area contributed by atoms with Crippen LogP contribution < -0.4 is 0 Å². The minimum atomic E-state index is -4.00. The van der Waals surface area contributed by atoms with E-state index in [-0.39, 0.29) is 24.4 Å². The maximum Gasteiger partial charge on any atom is 0.294 e. The summed E-state index contributed by atoms with van der Waals surface area (Å²) in [6, 6.07) is 7.42. The summed E-state index contributed by atoms with van der Waals surface area (Å²) >= 11 is 0. The van der Waals surface area contributed by atoms with Crippen molar-refractivity contribution in [1.29, 1.82) is 0 Å². The fraction of sp³-hybridized carbons (Fsp3) is 0. The van der Waals surface area contributed by atoms with E-state index < -0.39 is 10.1 Å². The largest absolute Gasteiger partial charge is 0.294 e. The molecule has 0 aromatic heterocycles. The van der Waals surface area contributed by atoms with Crippen molar-refractivity contribution in [2.75, 3.05) is 0 Å². The quantitative estimate of drug-likeness (QED) is 0.569. The molecule has 0 unspecified atom stereocenters. The van der Waals surface area contributed by atoms with Crippen molar-refractivity contribution in [3.8, 4) is 0 Å². The maximum atomic E-state index is 10.4. The fourth-order valence-corrected chi connectivity index (χ4v) is 1.09. The van der Waals surface area contributed by atoms with Gasteiger partial charge in [0, 0.05) is 19.5 Å². The molecule has 3 nitrogen and oxygen atoms in total. The van der Waals surface area contributed by atoms with Gasteiger partial charge in [-0.25, -0.2) is 0 Å². The van der Waals surface area contributed by atoms with Crippen LogP contribution in [0.1, 0.15) is 0 Å². The molecule has 56 valence electrons. The molecule has 0 amide bonds. The average molecular weight is 224 g/mol. The van der Waals surface area contributed by atoms with Crippen LogP contribution in [0.25, 0.3) is 0 Å². The van der Waals surface area contributed by atoms with Crippen molar-refractivity contribution in [1.82, 2.24) is 0 Å². The van der Waals surface area contributed by atoms with Crippen molar-refractivity contribution >= 4 is 10.1 Å². The van der Waals surface area contributed by atoms with Gasteiger partial charge in [-0.1, -0.05) is 18.2 Å². The molecule has 0 saturated carbocycles. The van der Waals surface area contributed by atoms with Crippen LogP contribution in [0.5, 0.6) is 0 Å². The molecule has 0 bridgehead atoms. The zero-order valence-electron chi connectivity index (χ0n) is 5.77. The Morgan fingerprint density at radius 1 is 1.09 bits per heavy atom. The van der Waals surface area contributed by atoms with E-state index in [2.05, 4.69) is 0 Å². The Hall–Kier alpha value is -0.247. The molecule has 0 fully saturated rings. The van der Waals surface area contributed by atoms with Gasteiger partial charge in [0.05, 0.1) is 4.90 Å². The van der Waals surface area contributed by atoms with Crippen LogP contribution in [0.3, 0.4) is 0 Å². The second-order valence-electron chi connectivity index (χ2n) is 1.79. The van der Waals surface area contributed by atoms with Gasteiger partial charge in [0.1, 0.15) is 0 Å². The van der Waals surface area contributed by atoms with Gasteiger partial charge >= 0.3 is 0 Å². The zero-order chi connectivity index (χ0) is 7.61. The van der Waals surface area contributed by atoms with Crippen molar-refractivity contribution in [2.24, 2.45) is 0 Å². The number of benzene rings is 1. The molecule has 1 rings (SSSR count). The third kappa shape index (κ3) is 3.10. The van der Waals surface area contributed by atoms with Gasteiger partial charge in [-0.05, 0) is 12.1 Å².